The van der Waals surface area contributed by atoms with E-state index in [9.17, 15) is 13.2 Å². The van der Waals surface area contributed by atoms with Gasteiger partial charge in [0.05, 0.1) is 11.8 Å². The minimum absolute atomic E-state index is 0.0187. The second-order valence-electron chi connectivity index (χ2n) is 4.08. The number of nitrogens with one attached hydrogen (secondary N) is 2. The Morgan fingerprint density at radius 1 is 1.32 bits per heavy atom. The van der Waals surface area contributed by atoms with Gasteiger partial charge in [0.1, 0.15) is 0 Å². The molecule has 19 heavy (non-hydrogen) atoms. The maximum Gasteiger partial charge on any atom is 0.417 e. The van der Waals surface area contributed by atoms with Crippen LogP contribution in [-0.4, -0.2) is 17.4 Å². The third kappa shape index (κ3) is 5.25. The van der Waals surface area contributed by atoms with Gasteiger partial charge in [0.25, 0.3) is 0 Å². The lowest BCUT2D eigenvalue weighted by Crippen LogP contribution is -2.36. The molecule has 0 aliphatic rings. The second kappa shape index (κ2) is 6.51. The van der Waals surface area contributed by atoms with E-state index < -0.39 is 11.7 Å². The minimum Gasteiger partial charge on any atom is -0.359 e. The number of hydrogen-bond donors (Lipinski definition) is 2. The van der Waals surface area contributed by atoms with Gasteiger partial charge in [-0.15, -0.1) is 0 Å². The average Bonchev–Trinajstić information content (AvgIpc) is 2.27. The van der Waals surface area contributed by atoms with Crippen molar-refractivity contribution in [3.8, 4) is 0 Å². The molecule has 0 atom stereocenters. The number of alkyl halides is 3. The average molecular weight is 289 g/mol. The van der Waals surface area contributed by atoms with E-state index in [2.05, 4.69) is 15.8 Å². The molecule has 0 saturated carbocycles. The van der Waals surface area contributed by atoms with Gasteiger partial charge in [0.2, 0.25) is 0 Å². The highest BCUT2D eigenvalue weighted by Crippen LogP contribution is 2.30. The van der Waals surface area contributed by atoms with E-state index in [4.69, 9.17) is 12.2 Å². The van der Waals surface area contributed by atoms with Crippen molar-refractivity contribution in [2.24, 2.45) is 5.10 Å². The lowest BCUT2D eigenvalue weighted by molar-refractivity contribution is -0.137. The van der Waals surface area contributed by atoms with Crippen molar-refractivity contribution in [1.29, 1.82) is 0 Å². The molecule has 1 aromatic rings. The third-order valence-corrected chi connectivity index (χ3v) is 2.26. The molecular weight excluding hydrogens is 275 g/mol. The van der Waals surface area contributed by atoms with Crippen LogP contribution < -0.4 is 10.7 Å². The number of rotatable bonds is 3. The number of hydrogen-bond acceptors (Lipinski definition) is 2. The van der Waals surface area contributed by atoms with Gasteiger partial charge in [0, 0.05) is 11.6 Å². The Balaban J connectivity index is 2.75. The van der Waals surface area contributed by atoms with E-state index in [0.717, 1.165) is 12.3 Å². The molecule has 104 valence electrons. The van der Waals surface area contributed by atoms with Crippen molar-refractivity contribution in [2.45, 2.75) is 26.1 Å². The summed E-state index contributed by atoms with van der Waals surface area (Å²) < 4.78 is 38.1. The Kier molecular flexibility index (Phi) is 5.29. The molecule has 0 spiro atoms. The number of nitrogens with zero attached hydrogens (tertiary/aromatic N) is 1. The molecule has 0 radical (unpaired) electrons. The van der Waals surface area contributed by atoms with Crippen molar-refractivity contribution in [1.82, 2.24) is 10.7 Å². The number of halogens is 3. The van der Waals surface area contributed by atoms with Gasteiger partial charge in [-0.3, -0.25) is 5.43 Å². The number of thiocarbonyl (C=S) groups is 1. The van der Waals surface area contributed by atoms with E-state index in [1.165, 1.54) is 18.2 Å². The normalized spacial score (nSPS) is 11.9. The van der Waals surface area contributed by atoms with E-state index in [1.807, 2.05) is 13.8 Å². The van der Waals surface area contributed by atoms with Gasteiger partial charge in [-0.1, -0.05) is 18.2 Å². The van der Waals surface area contributed by atoms with Crippen molar-refractivity contribution in [3.63, 3.8) is 0 Å². The highest BCUT2D eigenvalue weighted by molar-refractivity contribution is 7.80. The summed E-state index contributed by atoms with van der Waals surface area (Å²) in [5, 5.41) is 6.81. The molecule has 0 aromatic heterocycles. The second-order valence-corrected chi connectivity index (χ2v) is 4.49. The van der Waals surface area contributed by atoms with E-state index in [1.54, 1.807) is 0 Å². The van der Waals surface area contributed by atoms with E-state index >= 15 is 0 Å². The molecule has 0 unspecified atom stereocenters. The first-order valence-electron chi connectivity index (χ1n) is 5.56. The molecule has 0 bridgehead atoms. The lowest BCUT2D eigenvalue weighted by atomic mass is 10.1. The summed E-state index contributed by atoms with van der Waals surface area (Å²) in [5.41, 5.74) is 1.71. The fourth-order valence-electron chi connectivity index (χ4n) is 1.32. The van der Waals surface area contributed by atoms with Gasteiger partial charge < -0.3 is 5.32 Å². The largest absolute Gasteiger partial charge is 0.417 e. The van der Waals surface area contributed by atoms with Crippen LogP contribution in [0.15, 0.2) is 29.4 Å². The standard InChI is InChI=1S/C12H14F3N3S/c1-8(2)17-11(19)18-16-7-9-5-3-4-6-10(9)12(13,14)15/h3-8H,1-2H3,(H2,17,18,19)/b16-7+. The summed E-state index contributed by atoms with van der Waals surface area (Å²) in [5.74, 6) is 0. The molecule has 0 saturated heterocycles. The van der Waals surface area contributed by atoms with Crippen LogP contribution in [0.1, 0.15) is 25.0 Å². The predicted molar refractivity (Wildman–Crippen MR) is 73.0 cm³/mol. The smallest absolute Gasteiger partial charge is 0.359 e. The molecule has 7 heteroatoms. The summed E-state index contributed by atoms with van der Waals surface area (Å²) in [7, 11) is 0. The summed E-state index contributed by atoms with van der Waals surface area (Å²) in [6.45, 7) is 3.77. The summed E-state index contributed by atoms with van der Waals surface area (Å²) in [6.07, 6.45) is -3.31. The molecule has 1 rings (SSSR count). The van der Waals surface area contributed by atoms with Crippen molar-refractivity contribution < 1.29 is 13.2 Å². The molecular formula is C12H14F3N3S. The summed E-state index contributed by atoms with van der Waals surface area (Å²) >= 11 is 4.89. The van der Waals surface area contributed by atoms with E-state index in [0.29, 0.717) is 0 Å². The van der Waals surface area contributed by atoms with Crippen molar-refractivity contribution in [3.05, 3.63) is 35.4 Å². The monoisotopic (exact) mass is 289 g/mol. The van der Waals surface area contributed by atoms with Crippen LogP contribution in [0.3, 0.4) is 0 Å². The van der Waals surface area contributed by atoms with Crippen LogP contribution in [0.2, 0.25) is 0 Å². The summed E-state index contributed by atoms with van der Waals surface area (Å²) in [6, 6.07) is 5.32. The fraction of sp³-hybridized carbons (Fsp3) is 0.333. The van der Waals surface area contributed by atoms with Crippen LogP contribution >= 0.6 is 12.2 Å². The zero-order valence-electron chi connectivity index (χ0n) is 10.5. The van der Waals surface area contributed by atoms with Gasteiger partial charge in [-0.2, -0.15) is 18.3 Å². The highest BCUT2D eigenvalue weighted by atomic mass is 32.1. The molecule has 0 aliphatic carbocycles. The van der Waals surface area contributed by atoms with Gasteiger partial charge >= 0.3 is 6.18 Å². The molecule has 0 aliphatic heterocycles. The van der Waals surface area contributed by atoms with Crippen LogP contribution in [0.25, 0.3) is 0 Å². The number of benzene rings is 1. The SMILES string of the molecule is CC(C)NC(=S)N/N=C/c1ccccc1C(F)(F)F. The molecule has 0 amide bonds. The zero-order chi connectivity index (χ0) is 14.5. The minimum atomic E-state index is -4.40. The van der Waals surface area contributed by atoms with Crippen LogP contribution in [-0.2, 0) is 6.18 Å². The zero-order valence-corrected chi connectivity index (χ0v) is 11.3. The van der Waals surface area contributed by atoms with Crippen molar-refractivity contribution in [2.75, 3.05) is 0 Å². The Labute approximate surface area is 114 Å². The highest BCUT2D eigenvalue weighted by Gasteiger charge is 2.32. The Bertz CT molecular complexity index is 470. The summed E-state index contributed by atoms with van der Waals surface area (Å²) in [4.78, 5) is 0. The quantitative estimate of drug-likeness (QED) is 0.510. The van der Waals surface area contributed by atoms with Gasteiger partial charge in [-0.25, -0.2) is 0 Å². The Hall–Kier alpha value is -1.63. The maximum absolute atomic E-state index is 12.7. The molecule has 0 heterocycles. The van der Waals surface area contributed by atoms with Crippen molar-refractivity contribution >= 4 is 23.5 Å². The number of hydrazone groups is 1. The Morgan fingerprint density at radius 2 is 1.95 bits per heavy atom. The third-order valence-electron chi connectivity index (χ3n) is 2.06. The first-order chi connectivity index (χ1) is 8.80. The molecule has 3 nitrogen and oxygen atoms in total. The topological polar surface area (TPSA) is 36.4 Å². The van der Waals surface area contributed by atoms with Gasteiger partial charge in [0.15, 0.2) is 5.11 Å². The van der Waals surface area contributed by atoms with Crippen LogP contribution in [0.5, 0.6) is 0 Å². The first kappa shape index (κ1) is 15.4. The first-order valence-corrected chi connectivity index (χ1v) is 5.97. The lowest BCUT2D eigenvalue weighted by Gasteiger charge is -2.11. The fourth-order valence-corrected chi connectivity index (χ4v) is 1.61. The predicted octanol–water partition coefficient (Wildman–Crippen LogP) is 2.91. The van der Waals surface area contributed by atoms with Gasteiger partial charge in [-0.05, 0) is 32.1 Å². The Morgan fingerprint density at radius 3 is 2.53 bits per heavy atom. The molecule has 1 aromatic carbocycles. The van der Waals surface area contributed by atoms with Crippen LogP contribution in [0.4, 0.5) is 13.2 Å². The molecule has 0 fully saturated rings. The van der Waals surface area contributed by atoms with E-state index in [-0.39, 0.29) is 16.7 Å². The molecule has 2 N–H and O–H groups in total. The maximum atomic E-state index is 12.7. The van der Waals surface area contributed by atoms with Crippen LogP contribution in [0, 0.1) is 0 Å².